The molecule has 0 unspecified atom stereocenters. The molecule has 0 aliphatic carbocycles. The van der Waals surface area contributed by atoms with Crippen molar-refractivity contribution in [3.05, 3.63) is 72.9 Å². The quantitative estimate of drug-likeness (QED) is 0.0543. The van der Waals surface area contributed by atoms with Crippen LogP contribution in [-0.2, 0) is 71.4 Å². The van der Waals surface area contributed by atoms with Gasteiger partial charge in [-0.2, -0.15) is 0 Å². The molecule has 15 nitrogen and oxygen atoms in total. The summed E-state index contributed by atoms with van der Waals surface area (Å²) in [5.74, 6) is -2.65. The summed E-state index contributed by atoms with van der Waals surface area (Å²) >= 11 is 0. The van der Waals surface area contributed by atoms with E-state index < -0.39 is 35.8 Å². The van der Waals surface area contributed by atoms with Crippen molar-refractivity contribution in [2.24, 2.45) is 0 Å². The summed E-state index contributed by atoms with van der Waals surface area (Å²) in [7, 11) is 0. The zero-order valence-electron chi connectivity index (χ0n) is 33.6. The van der Waals surface area contributed by atoms with Crippen LogP contribution in [-0.4, -0.2) is 115 Å². The van der Waals surface area contributed by atoms with Crippen molar-refractivity contribution in [3.63, 3.8) is 0 Å². The van der Waals surface area contributed by atoms with Crippen molar-refractivity contribution < 1.29 is 71.4 Å². The third-order valence-electron chi connectivity index (χ3n) is 4.86. The first kappa shape index (κ1) is 55.9. The molecule has 15 heteroatoms. The molecule has 0 fully saturated rings. The van der Waals surface area contributed by atoms with Crippen molar-refractivity contribution in [2.45, 2.75) is 61.8 Å². The molecule has 0 atom stereocenters. The molecule has 0 radical (unpaired) electrons. The second-order valence-electron chi connectivity index (χ2n) is 11.0. The van der Waals surface area contributed by atoms with E-state index in [4.69, 9.17) is 42.6 Å². The second-order valence-corrected chi connectivity index (χ2v) is 11.0. The number of ether oxygens (including phenoxy) is 9. The maximum Gasteiger partial charge on any atom is 0.333 e. The van der Waals surface area contributed by atoms with E-state index in [0.717, 1.165) is 0 Å². The van der Waals surface area contributed by atoms with Gasteiger partial charge >= 0.3 is 35.8 Å². The van der Waals surface area contributed by atoms with E-state index in [1.165, 1.54) is 6.42 Å². The van der Waals surface area contributed by atoms with Crippen LogP contribution in [0.25, 0.3) is 0 Å². The summed E-state index contributed by atoms with van der Waals surface area (Å²) < 4.78 is 43.9. The molecule has 0 saturated carbocycles. The summed E-state index contributed by atoms with van der Waals surface area (Å²) in [6.07, 6.45) is 1.25. The van der Waals surface area contributed by atoms with Gasteiger partial charge in [0.1, 0.15) is 39.6 Å². The molecular formula is C39H62O15. The zero-order valence-corrected chi connectivity index (χ0v) is 33.6. The lowest BCUT2D eigenvalue weighted by Crippen LogP contribution is -2.14. The van der Waals surface area contributed by atoms with Crippen molar-refractivity contribution >= 4 is 35.8 Å². The van der Waals surface area contributed by atoms with Gasteiger partial charge in [0.25, 0.3) is 0 Å². The van der Waals surface area contributed by atoms with E-state index in [2.05, 4.69) is 53.3 Å². The highest BCUT2D eigenvalue weighted by molar-refractivity contribution is 5.88. The van der Waals surface area contributed by atoms with Gasteiger partial charge in [0.05, 0.1) is 39.6 Å². The minimum atomic E-state index is -0.442. The Kier molecular flexibility index (Phi) is 39.2. The summed E-state index contributed by atoms with van der Waals surface area (Å²) in [6, 6.07) is 0. The Balaban J connectivity index is -0.000000334. The Morgan fingerprint density at radius 1 is 0.296 bits per heavy atom. The first-order valence-electron chi connectivity index (χ1n) is 16.9. The third-order valence-corrected chi connectivity index (χ3v) is 4.86. The molecular weight excluding hydrogens is 708 g/mol. The molecule has 0 aliphatic heterocycles. The number of hydrogen-bond donors (Lipinski definition) is 0. The minimum Gasteiger partial charge on any atom is -0.460 e. The average Bonchev–Trinajstić information content (AvgIpc) is 3.10. The molecule has 0 aromatic carbocycles. The molecule has 54 heavy (non-hydrogen) atoms. The highest BCUT2D eigenvalue weighted by atomic mass is 16.6. The predicted octanol–water partition coefficient (Wildman–Crippen LogP) is 5.14. The van der Waals surface area contributed by atoms with Crippen LogP contribution in [0.1, 0.15) is 61.8 Å². The van der Waals surface area contributed by atoms with Gasteiger partial charge < -0.3 is 42.6 Å². The monoisotopic (exact) mass is 770 g/mol. The van der Waals surface area contributed by atoms with Gasteiger partial charge in [-0.25, -0.2) is 28.8 Å². The van der Waals surface area contributed by atoms with E-state index in [0.29, 0.717) is 33.4 Å². The van der Waals surface area contributed by atoms with Crippen LogP contribution in [0.3, 0.4) is 0 Å². The highest BCUT2D eigenvalue weighted by Gasteiger charge is 2.06. The fourth-order valence-electron chi connectivity index (χ4n) is 2.21. The molecule has 0 bridgehead atoms. The van der Waals surface area contributed by atoms with Gasteiger partial charge in [-0.1, -0.05) is 59.7 Å². The number of esters is 6. The Hall–Kier alpha value is -4.86. The van der Waals surface area contributed by atoms with Crippen molar-refractivity contribution in [1.82, 2.24) is 0 Å². The lowest BCUT2D eigenvalue weighted by Gasteiger charge is -2.06. The fraction of sp³-hybridized carbons (Fsp3) is 0.538. The van der Waals surface area contributed by atoms with E-state index in [1.807, 2.05) is 0 Å². The number of hydrogen-bond acceptors (Lipinski definition) is 15. The van der Waals surface area contributed by atoms with Crippen LogP contribution in [0.2, 0.25) is 0 Å². The molecule has 0 rings (SSSR count). The fourth-order valence-corrected chi connectivity index (χ4v) is 2.21. The van der Waals surface area contributed by atoms with Gasteiger partial charge in [0.2, 0.25) is 0 Å². The molecule has 0 aromatic rings. The van der Waals surface area contributed by atoms with E-state index in [1.54, 1.807) is 41.5 Å². The average molecular weight is 771 g/mol. The van der Waals surface area contributed by atoms with Crippen molar-refractivity contribution in [3.8, 4) is 0 Å². The molecule has 0 N–H and O–H groups in total. The first-order valence-corrected chi connectivity index (χ1v) is 16.9. The van der Waals surface area contributed by atoms with Gasteiger partial charge in [-0.3, -0.25) is 0 Å². The van der Waals surface area contributed by atoms with Crippen LogP contribution < -0.4 is 0 Å². The Labute approximate surface area is 320 Å². The van der Waals surface area contributed by atoms with Gasteiger partial charge in [0.15, 0.2) is 0 Å². The minimum absolute atomic E-state index is 0.153. The predicted molar refractivity (Wildman–Crippen MR) is 203 cm³/mol. The SMILES string of the molecule is C=C(C)C(=O)OCCOCCOC(=O)C(=C)C.C=C(C)C(=O)OCCOCCOC(=O)C(=C)C.C=C(C)C(=O)OCCOCCOC(=O)C(=C)C.CCC. The van der Waals surface area contributed by atoms with Crippen molar-refractivity contribution in [2.75, 3.05) is 79.3 Å². The molecule has 0 amide bonds. The molecule has 0 aliphatic rings. The largest absolute Gasteiger partial charge is 0.460 e. The smallest absolute Gasteiger partial charge is 0.333 e. The van der Waals surface area contributed by atoms with Gasteiger partial charge in [0, 0.05) is 33.4 Å². The maximum atomic E-state index is 10.9. The molecule has 0 heterocycles. The molecule has 0 aromatic heterocycles. The summed E-state index contributed by atoms with van der Waals surface area (Å²) in [4.78, 5) is 65.6. The van der Waals surface area contributed by atoms with E-state index in [-0.39, 0.29) is 79.3 Å². The lowest BCUT2D eigenvalue weighted by atomic mass is 10.4. The van der Waals surface area contributed by atoms with Crippen LogP contribution in [0.5, 0.6) is 0 Å². The molecule has 0 spiro atoms. The molecule has 0 saturated heterocycles. The maximum absolute atomic E-state index is 10.9. The summed E-state index contributed by atoms with van der Waals surface area (Å²) in [5.41, 5.74) is 2.09. The lowest BCUT2D eigenvalue weighted by molar-refractivity contribution is -0.143. The first-order chi connectivity index (χ1) is 25.3. The Bertz CT molecular complexity index is 993. The van der Waals surface area contributed by atoms with Crippen LogP contribution in [0, 0.1) is 0 Å². The van der Waals surface area contributed by atoms with Crippen LogP contribution in [0.4, 0.5) is 0 Å². The highest BCUT2D eigenvalue weighted by Crippen LogP contribution is 1.96. The Morgan fingerprint density at radius 3 is 0.500 bits per heavy atom. The van der Waals surface area contributed by atoms with Crippen LogP contribution in [0.15, 0.2) is 72.9 Å². The number of carbonyl (C=O) groups excluding carboxylic acids is 6. The standard InChI is InChI=1S/3C12H18O5.C3H8/c3*1-9(2)11(13)16-7-5-15-6-8-17-12(14)10(3)4;1-3-2/h3*1,3,5-8H2,2,4H3;3H2,1-2H3. The summed E-state index contributed by atoms with van der Waals surface area (Å²) in [5, 5.41) is 0. The van der Waals surface area contributed by atoms with E-state index >= 15 is 0 Å². The van der Waals surface area contributed by atoms with E-state index in [9.17, 15) is 28.8 Å². The molecule has 308 valence electrons. The third kappa shape index (κ3) is 41.6. The number of carbonyl (C=O) groups is 6. The topological polar surface area (TPSA) is 185 Å². The summed E-state index contributed by atoms with van der Waals surface area (Å²) in [6.45, 7) is 36.7. The normalized spacial score (nSPS) is 9.33. The second kappa shape index (κ2) is 37.9. The van der Waals surface area contributed by atoms with Gasteiger partial charge in [-0.05, 0) is 41.5 Å². The van der Waals surface area contributed by atoms with Crippen molar-refractivity contribution in [1.29, 1.82) is 0 Å². The van der Waals surface area contributed by atoms with Crippen LogP contribution >= 0.6 is 0 Å². The zero-order chi connectivity index (χ0) is 42.5. The Morgan fingerprint density at radius 2 is 0.407 bits per heavy atom. The number of rotatable bonds is 24. The van der Waals surface area contributed by atoms with Gasteiger partial charge in [-0.15, -0.1) is 0 Å².